The minimum absolute atomic E-state index is 0.147. The Balaban J connectivity index is 1.79. The first-order chi connectivity index (χ1) is 16.1. The minimum Gasteiger partial charge on any atom is -0.465 e. The lowest BCUT2D eigenvalue weighted by molar-refractivity contribution is -0.129. The van der Waals surface area contributed by atoms with Crippen LogP contribution in [0.25, 0.3) is 10.2 Å². The summed E-state index contributed by atoms with van der Waals surface area (Å²) < 4.78 is 0.951. The van der Waals surface area contributed by atoms with Crippen LogP contribution in [0.1, 0.15) is 57.6 Å². The normalized spacial score (nSPS) is 17.4. The van der Waals surface area contributed by atoms with Crippen molar-refractivity contribution in [2.24, 2.45) is 11.8 Å². The molecular formula is C24H34N4O5S. The van der Waals surface area contributed by atoms with Gasteiger partial charge in [0.25, 0.3) is 0 Å². The van der Waals surface area contributed by atoms with Crippen LogP contribution in [-0.2, 0) is 9.59 Å². The number of likely N-dealkylation sites (tertiary alicyclic amines) is 1. The van der Waals surface area contributed by atoms with E-state index in [0.29, 0.717) is 43.8 Å². The molecule has 3 amide bonds. The number of nitrogens with zero attached hydrogens (tertiary/aromatic N) is 2. The van der Waals surface area contributed by atoms with Crippen LogP contribution in [0, 0.1) is 11.8 Å². The van der Waals surface area contributed by atoms with E-state index in [9.17, 15) is 24.6 Å². The Morgan fingerprint density at radius 3 is 2.44 bits per heavy atom. The molecule has 0 bridgehead atoms. The van der Waals surface area contributed by atoms with E-state index in [1.165, 1.54) is 23.2 Å². The number of aliphatic hydroxyl groups is 1. The van der Waals surface area contributed by atoms with E-state index in [1.54, 1.807) is 0 Å². The topological polar surface area (TPSA) is 132 Å². The molecule has 3 atom stereocenters. The predicted molar refractivity (Wildman–Crippen MR) is 131 cm³/mol. The number of carbonyl (C=O) groups excluding carboxylic acids is 2. The van der Waals surface area contributed by atoms with Gasteiger partial charge in [-0.3, -0.25) is 9.59 Å². The van der Waals surface area contributed by atoms with Gasteiger partial charge in [0.2, 0.25) is 11.8 Å². The molecule has 3 rings (SSSR count). The Bertz CT molecular complexity index is 969. The maximum absolute atomic E-state index is 13.2. The molecule has 2 heterocycles. The van der Waals surface area contributed by atoms with Crippen LogP contribution >= 0.6 is 11.3 Å². The SMILES string of the molecule is CC(=O)N[C@@H](CC(C)C)C(=O)NC(CC1CCN(C(=O)O)CC1)C(O)c1nc2ccccc2s1. The zero-order chi connectivity index (χ0) is 24.8. The number of rotatable bonds is 9. The summed E-state index contributed by atoms with van der Waals surface area (Å²) in [5, 5.41) is 26.7. The summed E-state index contributed by atoms with van der Waals surface area (Å²) >= 11 is 1.39. The molecular weight excluding hydrogens is 456 g/mol. The third-order valence-electron chi connectivity index (χ3n) is 6.15. The van der Waals surface area contributed by atoms with Gasteiger partial charge in [0.15, 0.2) is 0 Å². The molecule has 0 spiro atoms. The molecule has 1 aromatic heterocycles. The van der Waals surface area contributed by atoms with E-state index >= 15 is 0 Å². The summed E-state index contributed by atoms with van der Waals surface area (Å²) in [6, 6.07) is 6.31. The van der Waals surface area contributed by atoms with Gasteiger partial charge < -0.3 is 25.7 Å². The van der Waals surface area contributed by atoms with Crippen molar-refractivity contribution in [2.75, 3.05) is 13.1 Å². The number of thiazole rings is 1. The molecule has 4 N–H and O–H groups in total. The standard InChI is InChI=1S/C24H34N4O5S/c1-14(2)12-19(25-15(3)29)22(31)26-18(13-16-8-10-28(11-9-16)24(32)33)21(30)23-27-17-6-4-5-7-20(17)34-23/h4-7,14,16,18-19,21,30H,8-13H2,1-3H3,(H,25,29)(H,26,31)(H,32,33)/t18?,19-,21?/m0/s1. The summed E-state index contributed by atoms with van der Waals surface area (Å²) in [5.41, 5.74) is 0.789. The second-order valence-electron chi connectivity index (χ2n) is 9.41. The highest BCUT2D eigenvalue weighted by atomic mass is 32.1. The second kappa shape index (κ2) is 11.6. The van der Waals surface area contributed by atoms with E-state index in [1.807, 2.05) is 38.1 Å². The van der Waals surface area contributed by atoms with Crippen molar-refractivity contribution in [3.63, 3.8) is 0 Å². The number of benzene rings is 1. The number of hydrogen-bond acceptors (Lipinski definition) is 6. The third kappa shape index (κ3) is 6.89. The molecule has 1 saturated heterocycles. The van der Waals surface area contributed by atoms with Gasteiger partial charge >= 0.3 is 6.09 Å². The lowest BCUT2D eigenvalue weighted by atomic mass is 9.88. The minimum atomic E-state index is -1.02. The fraction of sp³-hybridized carbons (Fsp3) is 0.583. The lowest BCUT2D eigenvalue weighted by Gasteiger charge is -2.34. The maximum atomic E-state index is 13.2. The molecule has 1 aromatic carbocycles. The summed E-state index contributed by atoms with van der Waals surface area (Å²) in [4.78, 5) is 42.1. The van der Waals surface area contributed by atoms with Crippen LogP contribution in [0.5, 0.6) is 0 Å². The molecule has 1 aliphatic rings. The van der Waals surface area contributed by atoms with Gasteiger partial charge in [0.05, 0.1) is 16.3 Å². The first-order valence-electron chi connectivity index (χ1n) is 11.7. The number of nitrogens with one attached hydrogen (secondary N) is 2. The molecule has 2 unspecified atom stereocenters. The van der Waals surface area contributed by atoms with Crippen LogP contribution in [-0.4, -0.2) is 63.2 Å². The van der Waals surface area contributed by atoms with E-state index in [4.69, 9.17) is 0 Å². The van der Waals surface area contributed by atoms with Gasteiger partial charge in [-0.25, -0.2) is 9.78 Å². The Labute approximate surface area is 203 Å². The summed E-state index contributed by atoms with van der Waals surface area (Å²) in [6.45, 7) is 6.20. The molecule has 10 heteroatoms. The summed E-state index contributed by atoms with van der Waals surface area (Å²) in [6.07, 6.45) is 0.344. The van der Waals surface area contributed by atoms with Gasteiger partial charge in [-0.2, -0.15) is 0 Å². The molecule has 2 aromatic rings. The molecule has 9 nitrogen and oxygen atoms in total. The van der Waals surface area contributed by atoms with Crippen LogP contribution in [0.4, 0.5) is 4.79 Å². The highest BCUT2D eigenvalue weighted by Crippen LogP contribution is 2.32. The average molecular weight is 491 g/mol. The number of fused-ring (bicyclic) bond motifs is 1. The number of aliphatic hydroxyl groups excluding tert-OH is 1. The molecule has 1 fully saturated rings. The number of aromatic nitrogens is 1. The van der Waals surface area contributed by atoms with Crippen LogP contribution < -0.4 is 10.6 Å². The zero-order valence-corrected chi connectivity index (χ0v) is 20.7. The number of piperidine rings is 1. The first kappa shape index (κ1) is 25.9. The van der Waals surface area contributed by atoms with Crippen LogP contribution in [0.15, 0.2) is 24.3 Å². The quantitative estimate of drug-likeness (QED) is 0.427. The summed E-state index contributed by atoms with van der Waals surface area (Å²) in [7, 11) is 0. The number of carbonyl (C=O) groups is 3. The largest absolute Gasteiger partial charge is 0.465 e. The van der Waals surface area contributed by atoms with Crippen LogP contribution in [0.2, 0.25) is 0 Å². The average Bonchev–Trinajstić information content (AvgIpc) is 3.21. The number of hydrogen-bond donors (Lipinski definition) is 4. The highest BCUT2D eigenvalue weighted by molar-refractivity contribution is 7.18. The zero-order valence-electron chi connectivity index (χ0n) is 19.9. The van der Waals surface area contributed by atoms with E-state index in [2.05, 4.69) is 15.6 Å². The van der Waals surface area contributed by atoms with Crippen molar-refractivity contribution in [2.45, 2.75) is 64.6 Å². The fourth-order valence-corrected chi connectivity index (χ4v) is 5.43. The van der Waals surface area contributed by atoms with E-state index in [-0.39, 0.29) is 23.7 Å². The molecule has 0 radical (unpaired) electrons. The predicted octanol–water partition coefficient (Wildman–Crippen LogP) is 3.15. The highest BCUT2D eigenvalue weighted by Gasteiger charge is 2.33. The smallest absolute Gasteiger partial charge is 0.407 e. The van der Waals surface area contributed by atoms with Gasteiger partial charge in [0.1, 0.15) is 17.2 Å². The Hall–Kier alpha value is -2.72. The van der Waals surface area contributed by atoms with Gasteiger partial charge in [-0.1, -0.05) is 26.0 Å². The molecule has 186 valence electrons. The van der Waals surface area contributed by atoms with Crippen molar-refractivity contribution in [1.82, 2.24) is 20.5 Å². The Kier molecular flexibility index (Phi) is 8.84. The van der Waals surface area contributed by atoms with Crippen LogP contribution in [0.3, 0.4) is 0 Å². The first-order valence-corrected chi connectivity index (χ1v) is 12.5. The third-order valence-corrected chi connectivity index (χ3v) is 7.25. The fourth-order valence-electron chi connectivity index (χ4n) is 4.41. The Morgan fingerprint density at radius 1 is 1.18 bits per heavy atom. The molecule has 34 heavy (non-hydrogen) atoms. The molecule has 1 aliphatic heterocycles. The lowest BCUT2D eigenvalue weighted by Crippen LogP contribution is -2.51. The van der Waals surface area contributed by atoms with Crippen molar-refractivity contribution >= 4 is 39.5 Å². The monoisotopic (exact) mass is 490 g/mol. The maximum Gasteiger partial charge on any atom is 0.407 e. The number of para-hydroxylation sites is 1. The van der Waals surface area contributed by atoms with Gasteiger partial charge in [0, 0.05) is 20.0 Å². The number of carboxylic acid groups (broad SMARTS) is 1. The number of amides is 3. The second-order valence-corrected chi connectivity index (χ2v) is 10.5. The molecule has 0 aliphatic carbocycles. The Morgan fingerprint density at radius 2 is 1.85 bits per heavy atom. The molecule has 0 saturated carbocycles. The van der Waals surface area contributed by atoms with Gasteiger partial charge in [-0.15, -0.1) is 11.3 Å². The van der Waals surface area contributed by atoms with Crippen molar-refractivity contribution in [3.05, 3.63) is 29.3 Å². The summed E-state index contributed by atoms with van der Waals surface area (Å²) in [5.74, 6) is -0.285. The van der Waals surface area contributed by atoms with Crippen molar-refractivity contribution in [1.29, 1.82) is 0 Å². The van der Waals surface area contributed by atoms with Crippen molar-refractivity contribution in [3.8, 4) is 0 Å². The van der Waals surface area contributed by atoms with E-state index < -0.39 is 24.3 Å². The van der Waals surface area contributed by atoms with Gasteiger partial charge in [-0.05, 0) is 49.7 Å². The van der Waals surface area contributed by atoms with Crippen molar-refractivity contribution < 1.29 is 24.6 Å². The van der Waals surface area contributed by atoms with E-state index in [0.717, 1.165) is 10.2 Å².